The zero-order valence-corrected chi connectivity index (χ0v) is 9.88. The molecule has 84 valence electrons. The molecule has 0 bridgehead atoms. The van der Waals surface area contributed by atoms with Crippen molar-refractivity contribution in [3.05, 3.63) is 17.9 Å². The van der Waals surface area contributed by atoms with Gasteiger partial charge in [-0.2, -0.15) is 0 Å². The number of hydrogen-bond donors (Lipinski definition) is 0. The van der Waals surface area contributed by atoms with Gasteiger partial charge in [-0.05, 0) is 45.4 Å². The molecule has 2 heteroatoms. The molecule has 0 saturated carbocycles. The molecule has 1 aliphatic rings. The molecular formula is C13H21NO. The molecule has 1 aliphatic heterocycles. The maximum Gasteiger partial charge on any atom is 0.130 e. The molecule has 0 unspecified atom stereocenters. The van der Waals surface area contributed by atoms with Crippen LogP contribution in [0, 0.1) is 5.41 Å². The summed E-state index contributed by atoms with van der Waals surface area (Å²) in [5.74, 6) is 0. The SMILES string of the molecule is C=C=C(CN1CCCCC1)C(C)(C)C=O. The first-order chi connectivity index (χ1) is 7.10. The van der Waals surface area contributed by atoms with Crippen molar-refractivity contribution in [2.24, 2.45) is 5.41 Å². The Morgan fingerprint density at radius 1 is 1.40 bits per heavy atom. The number of carbonyl (C=O) groups is 1. The maximum atomic E-state index is 11.0. The van der Waals surface area contributed by atoms with Crippen LogP contribution in [-0.4, -0.2) is 30.8 Å². The number of rotatable bonds is 4. The van der Waals surface area contributed by atoms with Gasteiger partial charge in [-0.25, -0.2) is 0 Å². The third-order valence-corrected chi connectivity index (χ3v) is 3.12. The zero-order chi connectivity index (χ0) is 11.3. The summed E-state index contributed by atoms with van der Waals surface area (Å²) in [6.07, 6.45) is 4.86. The highest BCUT2D eigenvalue weighted by Crippen LogP contribution is 2.24. The molecule has 1 saturated heterocycles. The summed E-state index contributed by atoms with van der Waals surface area (Å²) < 4.78 is 0. The van der Waals surface area contributed by atoms with Gasteiger partial charge in [0, 0.05) is 12.0 Å². The smallest absolute Gasteiger partial charge is 0.130 e. The van der Waals surface area contributed by atoms with Gasteiger partial charge in [-0.3, -0.25) is 4.90 Å². The van der Waals surface area contributed by atoms with Gasteiger partial charge < -0.3 is 4.79 Å². The van der Waals surface area contributed by atoms with Gasteiger partial charge in [0.25, 0.3) is 0 Å². The van der Waals surface area contributed by atoms with Gasteiger partial charge in [-0.15, -0.1) is 5.73 Å². The standard InChI is InChI=1S/C13H21NO/c1-4-12(13(2,3)11-15)10-14-8-6-5-7-9-14/h11H,1,5-10H2,2-3H3. The van der Waals surface area contributed by atoms with Crippen molar-refractivity contribution in [3.63, 3.8) is 0 Å². The van der Waals surface area contributed by atoms with Gasteiger partial charge in [0.05, 0.1) is 0 Å². The minimum atomic E-state index is -0.417. The van der Waals surface area contributed by atoms with Gasteiger partial charge in [0.15, 0.2) is 0 Å². The first-order valence-corrected chi connectivity index (χ1v) is 5.68. The Morgan fingerprint density at radius 2 is 2.00 bits per heavy atom. The zero-order valence-electron chi connectivity index (χ0n) is 9.88. The van der Waals surface area contributed by atoms with Crippen LogP contribution in [0.1, 0.15) is 33.1 Å². The van der Waals surface area contributed by atoms with E-state index in [4.69, 9.17) is 0 Å². The largest absolute Gasteiger partial charge is 0.302 e. The van der Waals surface area contributed by atoms with Crippen LogP contribution in [0.2, 0.25) is 0 Å². The number of aldehydes is 1. The molecule has 1 heterocycles. The van der Waals surface area contributed by atoms with E-state index in [9.17, 15) is 4.79 Å². The lowest BCUT2D eigenvalue weighted by atomic mass is 9.86. The van der Waals surface area contributed by atoms with Crippen LogP contribution in [-0.2, 0) is 4.79 Å². The number of piperidine rings is 1. The average Bonchev–Trinajstić information content (AvgIpc) is 2.27. The molecule has 0 spiro atoms. The lowest BCUT2D eigenvalue weighted by Crippen LogP contribution is -2.34. The average molecular weight is 207 g/mol. The number of hydrogen-bond acceptors (Lipinski definition) is 2. The predicted molar refractivity (Wildman–Crippen MR) is 62.8 cm³/mol. The van der Waals surface area contributed by atoms with Crippen LogP contribution in [0.4, 0.5) is 0 Å². The maximum absolute atomic E-state index is 11.0. The van der Waals surface area contributed by atoms with E-state index in [0.717, 1.165) is 31.5 Å². The number of carbonyl (C=O) groups excluding carboxylic acids is 1. The molecule has 0 amide bonds. The Balaban J connectivity index is 2.61. The van der Waals surface area contributed by atoms with Crippen molar-refractivity contribution in [2.75, 3.05) is 19.6 Å². The number of nitrogens with zero attached hydrogens (tertiary/aromatic N) is 1. The molecule has 0 aliphatic carbocycles. The van der Waals surface area contributed by atoms with E-state index in [1.807, 2.05) is 13.8 Å². The normalized spacial score (nSPS) is 18.3. The van der Waals surface area contributed by atoms with Crippen LogP contribution in [0.15, 0.2) is 17.9 Å². The molecular weight excluding hydrogens is 186 g/mol. The molecule has 0 radical (unpaired) electrons. The molecule has 0 atom stereocenters. The topological polar surface area (TPSA) is 20.3 Å². The minimum Gasteiger partial charge on any atom is -0.302 e. The minimum absolute atomic E-state index is 0.417. The quantitative estimate of drug-likeness (QED) is 0.521. The van der Waals surface area contributed by atoms with E-state index >= 15 is 0 Å². The summed E-state index contributed by atoms with van der Waals surface area (Å²) in [6.45, 7) is 10.7. The van der Waals surface area contributed by atoms with Crippen molar-refractivity contribution >= 4 is 6.29 Å². The van der Waals surface area contributed by atoms with E-state index in [1.54, 1.807) is 0 Å². The summed E-state index contributed by atoms with van der Waals surface area (Å²) >= 11 is 0. The summed E-state index contributed by atoms with van der Waals surface area (Å²) in [5.41, 5.74) is 3.53. The van der Waals surface area contributed by atoms with Crippen molar-refractivity contribution in [3.8, 4) is 0 Å². The van der Waals surface area contributed by atoms with Crippen LogP contribution >= 0.6 is 0 Å². The molecule has 1 fully saturated rings. The third kappa shape index (κ3) is 3.33. The van der Waals surface area contributed by atoms with Crippen molar-refractivity contribution in [1.29, 1.82) is 0 Å². The molecule has 0 aromatic rings. The molecule has 0 aromatic heterocycles. The second-order valence-electron chi connectivity index (χ2n) is 4.83. The Morgan fingerprint density at radius 3 is 2.47 bits per heavy atom. The van der Waals surface area contributed by atoms with E-state index in [2.05, 4.69) is 17.2 Å². The second-order valence-corrected chi connectivity index (χ2v) is 4.83. The Kier molecular flexibility index (Phi) is 4.31. The van der Waals surface area contributed by atoms with E-state index < -0.39 is 5.41 Å². The van der Waals surface area contributed by atoms with E-state index in [0.29, 0.717) is 0 Å². The first kappa shape index (κ1) is 12.2. The summed E-state index contributed by atoms with van der Waals surface area (Å²) in [5, 5.41) is 0. The molecule has 2 nitrogen and oxygen atoms in total. The lowest BCUT2D eigenvalue weighted by Gasteiger charge is -2.30. The fourth-order valence-corrected chi connectivity index (χ4v) is 1.90. The monoisotopic (exact) mass is 207 g/mol. The Labute approximate surface area is 92.7 Å². The molecule has 0 N–H and O–H groups in total. The van der Waals surface area contributed by atoms with Gasteiger partial charge in [0.1, 0.15) is 6.29 Å². The van der Waals surface area contributed by atoms with E-state index in [1.165, 1.54) is 19.3 Å². The molecule has 0 aromatic carbocycles. The van der Waals surface area contributed by atoms with Gasteiger partial charge >= 0.3 is 0 Å². The van der Waals surface area contributed by atoms with Crippen LogP contribution in [0.25, 0.3) is 0 Å². The Hall–Kier alpha value is -0.850. The highest BCUT2D eigenvalue weighted by molar-refractivity contribution is 5.63. The van der Waals surface area contributed by atoms with Crippen LogP contribution < -0.4 is 0 Å². The van der Waals surface area contributed by atoms with Crippen LogP contribution in [0.5, 0.6) is 0 Å². The van der Waals surface area contributed by atoms with Crippen molar-refractivity contribution < 1.29 is 4.79 Å². The highest BCUT2D eigenvalue weighted by Gasteiger charge is 2.24. The lowest BCUT2D eigenvalue weighted by molar-refractivity contribution is -0.113. The summed E-state index contributed by atoms with van der Waals surface area (Å²) in [6, 6.07) is 0. The fourth-order valence-electron chi connectivity index (χ4n) is 1.90. The fraction of sp³-hybridized carbons (Fsp3) is 0.692. The van der Waals surface area contributed by atoms with E-state index in [-0.39, 0.29) is 0 Å². The number of likely N-dealkylation sites (tertiary alicyclic amines) is 1. The summed E-state index contributed by atoms with van der Waals surface area (Å²) in [4.78, 5) is 13.4. The third-order valence-electron chi connectivity index (χ3n) is 3.12. The highest BCUT2D eigenvalue weighted by atomic mass is 16.1. The summed E-state index contributed by atoms with van der Waals surface area (Å²) in [7, 11) is 0. The predicted octanol–water partition coefficient (Wildman–Crippen LogP) is 2.41. The van der Waals surface area contributed by atoms with Gasteiger partial charge in [-0.1, -0.05) is 13.0 Å². The Bertz CT molecular complexity index is 268. The first-order valence-electron chi connectivity index (χ1n) is 5.68. The second kappa shape index (κ2) is 5.29. The molecule has 15 heavy (non-hydrogen) atoms. The molecule has 1 rings (SSSR count). The van der Waals surface area contributed by atoms with Crippen LogP contribution in [0.3, 0.4) is 0 Å². The van der Waals surface area contributed by atoms with Gasteiger partial charge in [0.2, 0.25) is 0 Å². The van der Waals surface area contributed by atoms with Crippen molar-refractivity contribution in [2.45, 2.75) is 33.1 Å². The van der Waals surface area contributed by atoms with Crippen molar-refractivity contribution in [1.82, 2.24) is 4.90 Å².